The van der Waals surface area contributed by atoms with E-state index in [-0.39, 0.29) is 23.1 Å². The Bertz CT molecular complexity index is 1130. The van der Waals surface area contributed by atoms with Crippen molar-refractivity contribution in [3.8, 4) is 6.01 Å². The second kappa shape index (κ2) is 7.53. The van der Waals surface area contributed by atoms with E-state index in [2.05, 4.69) is 19.7 Å². The molecule has 9 nitrogen and oxygen atoms in total. The van der Waals surface area contributed by atoms with Gasteiger partial charge in [-0.15, -0.1) is 0 Å². The van der Waals surface area contributed by atoms with E-state index >= 15 is 0 Å². The van der Waals surface area contributed by atoms with Gasteiger partial charge in [0.25, 0.3) is 0 Å². The molecule has 0 radical (unpaired) electrons. The zero-order valence-electron chi connectivity index (χ0n) is 14.6. The average molecular weight is 425 g/mol. The van der Waals surface area contributed by atoms with Gasteiger partial charge in [-0.1, -0.05) is 11.6 Å². The summed E-state index contributed by atoms with van der Waals surface area (Å²) in [4.78, 5) is 21.8. The van der Waals surface area contributed by atoms with Crippen molar-refractivity contribution < 1.29 is 17.6 Å². The topological polar surface area (TPSA) is 127 Å². The first-order valence-electron chi connectivity index (χ1n) is 8.68. The molecule has 3 aromatic rings. The molecule has 4 rings (SSSR count). The molecule has 11 heteroatoms. The number of H-pyrrole nitrogens is 1. The number of benzene rings is 1. The fraction of sp³-hybridized carbons (Fsp3) is 0.353. The molecule has 2 heterocycles. The van der Waals surface area contributed by atoms with E-state index in [1.54, 1.807) is 0 Å². The van der Waals surface area contributed by atoms with E-state index in [1.165, 1.54) is 30.6 Å². The van der Waals surface area contributed by atoms with Gasteiger partial charge in [0.15, 0.2) is 5.58 Å². The predicted octanol–water partition coefficient (Wildman–Crippen LogP) is 2.23. The number of ether oxygens (including phenoxy) is 1. The van der Waals surface area contributed by atoms with E-state index in [1.807, 2.05) is 0 Å². The molecule has 0 unspecified atom stereocenters. The minimum atomic E-state index is -3.72. The summed E-state index contributed by atoms with van der Waals surface area (Å²) in [5.41, 5.74) is 0.652. The Balaban J connectivity index is 1.37. The SMILES string of the molecule is O=c1[nH]c2cc(S(=O)(=O)NC3CCC(Oc4ncc(Cl)cn4)CC3)ccc2o1. The van der Waals surface area contributed by atoms with Crippen LogP contribution in [0, 0.1) is 0 Å². The third kappa shape index (κ3) is 4.18. The first-order valence-corrected chi connectivity index (χ1v) is 10.5. The Labute approximate surface area is 165 Å². The van der Waals surface area contributed by atoms with Gasteiger partial charge in [-0.25, -0.2) is 27.9 Å². The summed E-state index contributed by atoms with van der Waals surface area (Å²) in [6.07, 6.45) is 5.46. The standard InChI is InChI=1S/C17H17ClN4O5S/c18-10-8-19-16(20-9-10)26-12-3-1-11(2-4-12)22-28(24,25)13-5-6-15-14(7-13)21-17(23)27-15/h5-9,11-12,22H,1-4H2,(H,21,23). The molecule has 1 aromatic carbocycles. The minimum Gasteiger partial charge on any atom is -0.460 e. The van der Waals surface area contributed by atoms with Crippen molar-refractivity contribution in [2.24, 2.45) is 0 Å². The molecule has 0 amide bonds. The van der Waals surface area contributed by atoms with Gasteiger partial charge in [-0.2, -0.15) is 0 Å². The number of hydrogen-bond acceptors (Lipinski definition) is 7. The van der Waals surface area contributed by atoms with Gasteiger partial charge >= 0.3 is 11.8 Å². The fourth-order valence-electron chi connectivity index (χ4n) is 3.19. The molecular weight excluding hydrogens is 408 g/mol. The molecule has 0 saturated heterocycles. The van der Waals surface area contributed by atoms with Crippen molar-refractivity contribution in [3.05, 3.63) is 46.2 Å². The maximum atomic E-state index is 12.7. The van der Waals surface area contributed by atoms with Crippen LogP contribution in [-0.4, -0.2) is 35.5 Å². The highest BCUT2D eigenvalue weighted by Gasteiger charge is 2.27. The zero-order chi connectivity index (χ0) is 19.7. The second-order valence-electron chi connectivity index (χ2n) is 6.57. The Morgan fingerprint density at radius 1 is 1.18 bits per heavy atom. The monoisotopic (exact) mass is 424 g/mol. The van der Waals surface area contributed by atoms with Crippen molar-refractivity contribution in [1.29, 1.82) is 0 Å². The largest absolute Gasteiger partial charge is 0.460 e. The molecule has 1 saturated carbocycles. The number of aromatic nitrogens is 3. The lowest BCUT2D eigenvalue weighted by Crippen LogP contribution is -2.39. The second-order valence-corrected chi connectivity index (χ2v) is 8.72. The van der Waals surface area contributed by atoms with Crippen LogP contribution in [-0.2, 0) is 10.0 Å². The van der Waals surface area contributed by atoms with Crippen molar-refractivity contribution in [2.45, 2.75) is 42.7 Å². The smallest absolute Gasteiger partial charge is 0.417 e. The lowest BCUT2D eigenvalue weighted by Gasteiger charge is -2.28. The number of nitrogens with zero attached hydrogens (tertiary/aromatic N) is 2. The zero-order valence-corrected chi connectivity index (χ0v) is 16.2. The summed E-state index contributed by atoms with van der Waals surface area (Å²) in [5.74, 6) is -0.625. The predicted molar refractivity (Wildman–Crippen MR) is 101 cm³/mol. The molecule has 0 atom stereocenters. The quantitative estimate of drug-likeness (QED) is 0.642. The third-order valence-corrected chi connectivity index (χ3v) is 6.28. The number of aromatic amines is 1. The van der Waals surface area contributed by atoms with Crippen LogP contribution in [0.5, 0.6) is 6.01 Å². The molecule has 0 spiro atoms. The number of nitrogens with one attached hydrogen (secondary N) is 2. The summed E-state index contributed by atoms with van der Waals surface area (Å²) in [6, 6.07) is 4.31. The molecule has 1 fully saturated rings. The summed E-state index contributed by atoms with van der Waals surface area (Å²) >= 11 is 5.75. The van der Waals surface area contributed by atoms with Gasteiger partial charge in [-0.3, -0.25) is 4.98 Å². The number of halogens is 1. The molecule has 1 aliphatic rings. The van der Waals surface area contributed by atoms with E-state index in [0.29, 0.717) is 41.8 Å². The maximum absolute atomic E-state index is 12.7. The van der Waals surface area contributed by atoms with Gasteiger partial charge in [0.05, 0.1) is 27.8 Å². The van der Waals surface area contributed by atoms with Crippen molar-refractivity contribution in [3.63, 3.8) is 0 Å². The van der Waals surface area contributed by atoms with Crippen LogP contribution in [0.3, 0.4) is 0 Å². The van der Waals surface area contributed by atoms with Crippen LogP contribution in [0.25, 0.3) is 11.1 Å². The van der Waals surface area contributed by atoms with E-state index in [9.17, 15) is 13.2 Å². The summed E-state index contributed by atoms with van der Waals surface area (Å²) in [7, 11) is -3.72. The number of fused-ring (bicyclic) bond motifs is 1. The highest BCUT2D eigenvalue weighted by Crippen LogP contribution is 2.24. The fourth-order valence-corrected chi connectivity index (χ4v) is 4.62. The number of hydrogen-bond donors (Lipinski definition) is 2. The van der Waals surface area contributed by atoms with Gasteiger partial charge in [0.1, 0.15) is 6.10 Å². The van der Waals surface area contributed by atoms with Crippen LogP contribution < -0.4 is 15.2 Å². The van der Waals surface area contributed by atoms with Gasteiger partial charge in [0.2, 0.25) is 10.0 Å². The first-order chi connectivity index (χ1) is 13.4. The Morgan fingerprint density at radius 2 is 1.89 bits per heavy atom. The molecular formula is C17H17ClN4O5S. The summed E-state index contributed by atoms with van der Waals surface area (Å²) in [6.45, 7) is 0. The van der Waals surface area contributed by atoms with Gasteiger partial charge in [0, 0.05) is 6.04 Å². The van der Waals surface area contributed by atoms with Crippen LogP contribution in [0.1, 0.15) is 25.7 Å². The van der Waals surface area contributed by atoms with E-state index in [0.717, 1.165) is 0 Å². The van der Waals surface area contributed by atoms with Crippen molar-refractivity contribution >= 4 is 32.7 Å². The van der Waals surface area contributed by atoms with Crippen LogP contribution in [0.15, 0.2) is 44.7 Å². The molecule has 2 N–H and O–H groups in total. The lowest BCUT2D eigenvalue weighted by molar-refractivity contribution is 0.132. The van der Waals surface area contributed by atoms with Crippen LogP contribution >= 0.6 is 11.6 Å². The highest BCUT2D eigenvalue weighted by atomic mass is 35.5. The Kier molecular flexibility index (Phi) is 5.09. The molecule has 148 valence electrons. The molecule has 28 heavy (non-hydrogen) atoms. The van der Waals surface area contributed by atoms with E-state index in [4.69, 9.17) is 20.8 Å². The average Bonchev–Trinajstić information content (AvgIpc) is 3.04. The van der Waals surface area contributed by atoms with Crippen LogP contribution in [0.4, 0.5) is 0 Å². The van der Waals surface area contributed by atoms with Crippen molar-refractivity contribution in [2.75, 3.05) is 0 Å². The first kappa shape index (κ1) is 18.9. The summed E-state index contributed by atoms with van der Waals surface area (Å²) < 4.78 is 38.7. The van der Waals surface area contributed by atoms with Crippen molar-refractivity contribution in [1.82, 2.24) is 19.7 Å². The number of sulfonamides is 1. The van der Waals surface area contributed by atoms with Gasteiger partial charge < -0.3 is 9.15 Å². The Morgan fingerprint density at radius 3 is 2.61 bits per heavy atom. The third-order valence-electron chi connectivity index (χ3n) is 4.57. The molecule has 0 bridgehead atoms. The Hall–Kier alpha value is -2.43. The highest BCUT2D eigenvalue weighted by molar-refractivity contribution is 7.89. The summed E-state index contributed by atoms with van der Waals surface area (Å²) in [5, 5.41) is 0.433. The van der Waals surface area contributed by atoms with Crippen LogP contribution in [0.2, 0.25) is 5.02 Å². The maximum Gasteiger partial charge on any atom is 0.417 e. The normalized spacial score (nSPS) is 20.3. The molecule has 1 aliphatic carbocycles. The lowest BCUT2D eigenvalue weighted by atomic mass is 9.94. The molecule has 0 aliphatic heterocycles. The number of oxazole rings is 1. The van der Waals surface area contributed by atoms with E-state index < -0.39 is 15.8 Å². The molecule has 2 aromatic heterocycles. The number of rotatable bonds is 5. The minimum absolute atomic E-state index is 0.0741. The van der Waals surface area contributed by atoms with Gasteiger partial charge in [-0.05, 0) is 43.9 Å².